The average molecular weight is 266 g/mol. The number of nitrogens with one attached hydrogen (secondary N) is 1. The summed E-state index contributed by atoms with van der Waals surface area (Å²) in [6, 6.07) is 7.49. The predicted octanol–water partition coefficient (Wildman–Crippen LogP) is 1.69. The molecule has 2 aromatic rings. The van der Waals surface area contributed by atoms with Crippen molar-refractivity contribution in [1.82, 2.24) is 9.88 Å². The van der Waals surface area contributed by atoms with Crippen molar-refractivity contribution in [2.24, 2.45) is 0 Å². The molecule has 1 amide bonds. The lowest BCUT2D eigenvalue weighted by molar-refractivity contribution is 0.150. The second-order valence-electron chi connectivity index (χ2n) is 4.17. The van der Waals surface area contributed by atoms with Crippen LogP contribution in [0.3, 0.4) is 0 Å². The second kappa shape index (κ2) is 5.71. The third kappa shape index (κ3) is 3.03. The van der Waals surface area contributed by atoms with Crippen molar-refractivity contribution >= 4 is 17.1 Å². The molecule has 0 saturated heterocycles. The molecule has 2 N–H and O–H groups in total. The summed E-state index contributed by atoms with van der Waals surface area (Å²) in [6.07, 6.45) is -0.687. The molecule has 0 aliphatic rings. The van der Waals surface area contributed by atoms with Crippen LogP contribution in [0, 0.1) is 0 Å². The van der Waals surface area contributed by atoms with Gasteiger partial charge in [-0.3, -0.25) is 0 Å². The van der Waals surface area contributed by atoms with Crippen LogP contribution in [0.4, 0.5) is 9.18 Å². The van der Waals surface area contributed by atoms with Crippen LogP contribution in [0.25, 0.3) is 10.9 Å². The van der Waals surface area contributed by atoms with Crippen LogP contribution in [-0.2, 0) is 6.54 Å². The molecule has 1 atom stereocenters. The van der Waals surface area contributed by atoms with Crippen LogP contribution in [0.1, 0.15) is 0 Å². The highest BCUT2D eigenvalue weighted by molar-refractivity contribution is 5.86. The lowest BCUT2D eigenvalue weighted by atomic mass is 10.2. The van der Waals surface area contributed by atoms with E-state index in [0.29, 0.717) is 0 Å². The number of nitrogens with zero attached hydrogens (tertiary/aromatic N) is 1. The second-order valence-corrected chi connectivity index (χ2v) is 4.17. The topological polar surface area (TPSA) is 63.5 Å². The first-order valence-corrected chi connectivity index (χ1v) is 5.85. The van der Waals surface area contributed by atoms with Crippen LogP contribution >= 0.6 is 0 Å². The van der Waals surface area contributed by atoms with Gasteiger partial charge in [-0.2, -0.15) is 0 Å². The van der Waals surface area contributed by atoms with E-state index in [1.165, 1.54) is 0 Å². The maximum atomic E-state index is 12.0. The zero-order valence-electron chi connectivity index (χ0n) is 10.5. The van der Waals surface area contributed by atoms with Crippen LogP contribution in [-0.4, -0.2) is 35.6 Å². The average Bonchev–Trinajstić information content (AvgIpc) is 2.79. The summed E-state index contributed by atoms with van der Waals surface area (Å²) in [5.41, 5.74) is 0.907. The number of rotatable bonds is 5. The van der Waals surface area contributed by atoms with E-state index in [4.69, 9.17) is 4.74 Å². The van der Waals surface area contributed by atoms with Gasteiger partial charge in [-0.15, -0.1) is 4.39 Å². The van der Waals surface area contributed by atoms with E-state index < -0.39 is 12.3 Å². The fourth-order valence-electron chi connectivity index (χ4n) is 2.02. The molecule has 0 fully saturated rings. The highest BCUT2D eigenvalue weighted by atomic mass is 19.1. The lowest BCUT2D eigenvalue weighted by Gasteiger charge is -2.12. The smallest absolute Gasteiger partial charge is 0.397 e. The molecule has 1 aromatic carbocycles. The van der Waals surface area contributed by atoms with Gasteiger partial charge in [0, 0.05) is 18.1 Å². The van der Waals surface area contributed by atoms with Crippen molar-refractivity contribution in [1.29, 1.82) is 0 Å². The minimum absolute atomic E-state index is 0.126. The van der Waals surface area contributed by atoms with E-state index in [1.807, 2.05) is 40.3 Å². The zero-order chi connectivity index (χ0) is 13.8. The Balaban J connectivity index is 2.15. The maximum Gasteiger partial charge on any atom is 0.397 e. The Labute approximate surface area is 109 Å². The van der Waals surface area contributed by atoms with Crippen molar-refractivity contribution < 1.29 is 19.0 Å². The molecule has 1 heterocycles. The highest BCUT2D eigenvalue weighted by Crippen LogP contribution is 2.26. The Hall–Kier alpha value is -2.08. The Morgan fingerprint density at radius 2 is 2.32 bits per heavy atom. The highest BCUT2D eigenvalue weighted by Gasteiger charge is 2.10. The number of benzene rings is 1. The van der Waals surface area contributed by atoms with E-state index in [9.17, 15) is 14.3 Å². The van der Waals surface area contributed by atoms with Crippen molar-refractivity contribution in [3.63, 3.8) is 0 Å². The zero-order valence-corrected chi connectivity index (χ0v) is 10.5. The molecule has 0 bridgehead atoms. The number of amides is 1. The summed E-state index contributed by atoms with van der Waals surface area (Å²) in [5.74, 6) is 0.753. The molecule has 0 spiro atoms. The SMILES string of the molecule is COc1cccc2c1ccn2CC(O)CNC(=O)F. The summed E-state index contributed by atoms with van der Waals surface area (Å²) in [4.78, 5) is 10.1. The molecule has 0 saturated carbocycles. The predicted molar refractivity (Wildman–Crippen MR) is 69.0 cm³/mol. The van der Waals surface area contributed by atoms with Gasteiger partial charge in [-0.25, -0.2) is 4.79 Å². The van der Waals surface area contributed by atoms with Gasteiger partial charge in [0.15, 0.2) is 0 Å². The number of aliphatic hydroxyl groups excluding tert-OH is 1. The Morgan fingerprint density at radius 3 is 3.00 bits per heavy atom. The van der Waals surface area contributed by atoms with Gasteiger partial charge in [0.1, 0.15) is 5.75 Å². The quantitative estimate of drug-likeness (QED) is 0.639. The molecule has 19 heavy (non-hydrogen) atoms. The number of halogens is 1. The van der Waals surface area contributed by atoms with Crippen molar-refractivity contribution in [2.45, 2.75) is 12.6 Å². The van der Waals surface area contributed by atoms with Crippen LogP contribution in [0.15, 0.2) is 30.5 Å². The molecule has 2 rings (SSSR count). The molecule has 0 aliphatic heterocycles. The third-order valence-electron chi connectivity index (χ3n) is 2.88. The van der Waals surface area contributed by atoms with Gasteiger partial charge in [0.05, 0.1) is 25.3 Å². The first-order valence-electron chi connectivity index (χ1n) is 5.85. The van der Waals surface area contributed by atoms with Crippen molar-refractivity contribution in [3.05, 3.63) is 30.5 Å². The molecule has 0 radical (unpaired) electrons. The molecule has 6 heteroatoms. The summed E-state index contributed by atoms with van der Waals surface area (Å²) in [5, 5.41) is 12.6. The minimum Gasteiger partial charge on any atom is -0.496 e. The Kier molecular flexibility index (Phi) is 4.01. The fraction of sp³-hybridized carbons (Fsp3) is 0.308. The first kappa shape index (κ1) is 13.4. The molecule has 1 unspecified atom stereocenters. The van der Waals surface area contributed by atoms with Crippen LogP contribution in [0.2, 0.25) is 0 Å². The molecule has 1 aromatic heterocycles. The Bertz CT molecular complexity index is 582. The van der Waals surface area contributed by atoms with Crippen molar-refractivity contribution in [3.8, 4) is 5.75 Å². The van der Waals surface area contributed by atoms with Gasteiger partial charge in [-0.05, 0) is 18.2 Å². The summed E-state index contributed by atoms with van der Waals surface area (Å²) >= 11 is 0. The van der Waals surface area contributed by atoms with E-state index in [-0.39, 0.29) is 13.1 Å². The van der Waals surface area contributed by atoms with Gasteiger partial charge in [-0.1, -0.05) is 6.07 Å². The standard InChI is InChI=1S/C13H15FN2O3/c1-19-12-4-2-3-11-10(12)5-6-16(11)8-9(17)7-15-13(14)18/h2-6,9,17H,7-8H2,1H3,(H,15,18). The maximum absolute atomic E-state index is 12.0. The first-order chi connectivity index (χ1) is 9.11. The van der Waals surface area contributed by atoms with Gasteiger partial charge >= 0.3 is 6.16 Å². The fourth-order valence-corrected chi connectivity index (χ4v) is 2.02. The number of methoxy groups -OCH3 is 1. The Morgan fingerprint density at radius 1 is 1.53 bits per heavy atom. The van der Waals surface area contributed by atoms with Gasteiger partial charge in [0.2, 0.25) is 0 Å². The number of aliphatic hydroxyl groups is 1. The third-order valence-corrected chi connectivity index (χ3v) is 2.88. The number of carbonyl (C=O) groups is 1. The van der Waals surface area contributed by atoms with Gasteiger partial charge < -0.3 is 19.7 Å². The normalized spacial score (nSPS) is 12.4. The van der Waals surface area contributed by atoms with E-state index >= 15 is 0 Å². The van der Waals surface area contributed by atoms with E-state index in [0.717, 1.165) is 16.7 Å². The number of hydrogen-bond acceptors (Lipinski definition) is 3. The van der Waals surface area contributed by atoms with E-state index in [1.54, 1.807) is 7.11 Å². The number of aromatic nitrogens is 1. The van der Waals surface area contributed by atoms with Gasteiger partial charge in [0.25, 0.3) is 0 Å². The monoisotopic (exact) mass is 266 g/mol. The molecule has 5 nitrogen and oxygen atoms in total. The molecule has 0 aliphatic carbocycles. The summed E-state index contributed by atoms with van der Waals surface area (Å²) < 4.78 is 19.1. The number of carbonyl (C=O) groups excluding carboxylic acids is 1. The largest absolute Gasteiger partial charge is 0.496 e. The molecule has 102 valence electrons. The number of hydrogen-bond donors (Lipinski definition) is 2. The van der Waals surface area contributed by atoms with Crippen molar-refractivity contribution in [2.75, 3.05) is 13.7 Å². The lowest BCUT2D eigenvalue weighted by Crippen LogP contribution is -2.31. The van der Waals surface area contributed by atoms with E-state index in [2.05, 4.69) is 0 Å². The minimum atomic E-state index is -1.64. The van der Waals surface area contributed by atoms with Crippen LogP contribution in [0.5, 0.6) is 5.75 Å². The van der Waals surface area contributed by atoms with Crippen LogP contribution < -0.4 is 10.1 Å². The summed E-state index contributed by atoms with van der Waals surface area (Å²) in [6.45, 7) is 0.135. The number of ether oxygens (including phenoxy) is 1. The summed E-state index contributed by atoms with van der Waals surface area (Å²) in [7, 11) is 1.59. The molecular formula is C13H15FN2O3. The number of fused-ring (bicyclic) bond motifs is 1. The molecular weight excluding hydrogens is 251 g/mol.